The smallest absolute Gasteiger partial charge is 0.407 e. The van der Waals surface area contributed by atoms with Crippen LogP contribution in [0.2, 0.25) is 0 Å². The van der Waals surface area contributed by atoms with E-state index >= 15 is 0 Å². The second-order valence-electron chi connectivity index (χ2n) is 13.1. The van der Waals surface area contributed by atoms with Crippen molar-refractivity contribution >= 4 is 39.8 Å². The summed E-state index contributed by atoms with van der Waals surface area (Å²) in [5.74, 6) is -1.18. The van der Waals surface area contributed by atoms with E-state index in [0.717, 1.165) is 16.5 Å². The highest BCUT2D eigenvalue weighted by Crippen LogP contribution is 2.23. The molecule has 0 unspecified atom stereocenters. The van der Waals surface area contributed by atoms with Crippen molar-refractivity contribution in [3.63, 3.8) is 0 Å². The summed E-state index contributed by atoms with van der Waals surface area (Å²) in [4.78, 5) is 57.8. The minimum absolute atomic E-state index is 0.146. The van der Waals surface area contributed by atoms with Crippen molar-refractivity contribution in [3.05, 3.63) is 82.3 Å². The van der Waals surface area contributed by atoms with Crippen LogP contribution in [0.15, 0.2) is 70.0 Å². The molecule has 0 saturated heterocycles. The van der Waals surface area contributed by atoms with Crippen molar-refractivity contribution in [3.8, 4) is 0 Å². The highest BCUT2D eigenvalue weighted by molar-refractivity contribution is 5.98. The van der Waals surface area contributed by atoms with Crippen LogP contribution in [-0.2, 0) is 20.7 Å². The monoisotopic (exact) mass is 617 g/mol. The van der Waals surface area contributed by atoms with Crippen molar-refractivity contribution in [2.75, 3.05) is 13.1 Å². The SMILES string of the molecule is CC(C)(C)OC(=O)NCCCC[C@@H](C(=O)OC(C)(C)C)N(CCc1c[nH]c2ccccc12)C(=O)c1cc2ccccc2oc1=O. The quantitative estimate of drug-likeness (QED) is 0.114. The third-order valence-electron chi connectivity index (χ3n) is 7.06. The largest absolute Gasteiger partial charge is 0.458 e. The highest BCUT2D eigenvalue weighted by Gasteiger charge is 2.35. The zero-order valence-electron chi connectivity index (χ0n) is 26.9. The molecule has 45 heavy (non-hydrogen) atoms. The predicted molar refractivity (Wildman–Crippen MR) is 173 cm³/mol. The molecule has 1 atom stereocenters. The molecule has 0 aliphatic carbocycles. The molecule has 0 spiro atoms. The van der Waals surface area contributed by atoms with E-state index in [9.17, 15) is 19.2 Å². The van der Waals surface area contributed by atoms with Gasteiger partial charge in [-0.25, -0.2) is 14.4 Å². The average Bonchev–Trinajstić information content (AvgIpc) is 3.36. The Kier molecular flexibility index (Phi) is 10.4. The molecule has 2 N–H and O–H groups in total. The summed E-state index contributed by atoms with van der Waals surface area (Å²) in [5, 5.41) is 4.34. The van der Waals surface area contributed by atoms with Crippen molar-refractivity contribution in [1.29, 1.82) is 0 Å². The number of hydrogen-bond acceptors (Lipinski definition) is 7. The fourth-order valence-corrected chi connectivity index (χ4v) is 5.08. The van der Waals surface area contributed by atoms with Gasteiger partial charge in [0.15, 0.2) is 0 Å². The first-order valence-electron chi connectivity index (χ1n) is 15.3. The standard InChI is InChI=1S/C35H43N3O7/c1-34(2,3)44-32(41)28(16-11-12-19-36-33(42)45-35(4,5)6)38(20-18-24-22-37-27-15-9-8-14-25(24)27)30(39)26-21-23-13-7-10-17-29(23)43-31(26)40/h7-10,13-15,17,21-22,28,37H,11-12,16,18-20H2,1-6H3,(H,36,42)/t28-/m0/s1. The maximum absolute atomic E-state index is 14.2. The lowest BCUT2D eigenvalue weighted by Gasteiger charge is -2.32. The number of amides is 2. The Morgan fingerprint density at radius 2 is 1.62 bits per heavy atom. The molecule has 2 amide bonds. The normalized spacial score (nSPS) is 12.6. The molecule has 240 valence electrons. The number of carbonyl (C=O) groups excluding carboxylic acids is 3. The number of ether oxygens (including phenoxy) is 2. The minimum atomic E-state index is -0.991. The number of alkyl carbamates (subject to hydrolysis) is 1. The van der Waals surface area contributed by atoms with Gasteiger partial charge in [0.25, 0.3) is 5.91 Å². The van der Waals surface area contributed by atoms with Gasteiger partial charge in [0.1, 0.15) is 28.4 Å². The maximum Gasteiger partial charge on any atom is 0.407 e. The maximum atomic E-state index is 14.2. The molecule has 0 aliphatic rings. The summed E-state index contributed by atoms with van der Waals surface area (Å²) >= 11 is 0. The average molecular weight is 618 g/mol. The Balaban J connectivity index is 1.63. The Bertz CT molecular complexity index is 1710. The lowest BCUT2D eigenvalue weighted by Crippen LogP contribution is -2.49. The number of esters is 1. The fraction of sp³-hybridized carbons (Fsp3) is 0.429. The van der Waals surface area contributed by atoms with Gasteiger partial charge in [0.05, 0.1) is 0 Å². The van der Waals surface area contributed by atoms with Crippen LogP contribution < -0.4 is 10.9 Å². The number of para-hydroxylation sites is 2. The van der Waals surface area contributed by atoms with Crippen LogP contribution in [0.25, 0.3) is 21.9 Å². The Hall–Kier alpha value is -4.60. The van der Waals surface area contributed by atoms with Gasteiger partial charge in [-0.3, -0.25) is 4.79 Å². The highest BCUT2D eigenvalue weighted by atomic mass is 16.6. The lowest BCUT2D eigenvalue weighted by atomic mass is 10.0. The third kappa shape index (κ3) is 9.20. The van der Waals surface area contributed by atoms with E-state index < -0.39 is 40.8 Å². The number of nitrogens with one attached hydrogen (secondary N) is 2. The second kappa shape index (κ2) is 14.0. The van der Waals surface area contributed by atoms with E-state index in [1.807, 2.05) is 30.5 Å². The summed E-state index contributed by atoms with van der Waals surface area (Å²) in [6.45, 7) is 11.1. The number of fused-ring (bicyclic) bond motifs is 2. The van der Waals surface area contributed by atoms with Crippen molar-refractivity contribution < 1.29 is 28.3 Å². The summed E-state index contributed by atoms with van der Waals surface area (Å²) in [7, 11) is 0. The summed E-state index contributed by atoms with van der Waals surface area (Å²) < 4.78 is 16.6. The van der Waals surface area contributed by atoms with E-state index in [2.05, 4.69) is 10.3 Å². The molecule has 2 aromatic carbocycles. The van der Waals surface area contributed by atoms with Crippen molar-refractivity contribution in [2.45, 2.75) is 84.5 Å². The summed E-state index contributed by atoms with van der Waals surface area (Å²) in [6.07, 6.45) is 3.06. The van der Waals surface area contributed by atoms with Crippen LogP contribution in [0.5, 0.6) is 0 Å². The molecule has 2 aromatic heterocycles. The van der Waals surface area contributed by atoms with Crippen LogP contribution in [-0.4, -0.2) is 58.2 Å². The Morgan fingerprint density at radius 3 is 2.36 bits per heavy atom. The summed E-state index contributed by atoms with van der Waals surface area (Å²) in [6, 6.07) is 15.3. The van der Waals surface area contributed by atoms with Crippen LogP contribution in [0.4, 0.5) is 4.79 Å². The van der Waals surface area contributed by atoms with Crippen LogP contribution >= 0.6 is 0 Å². The lowest BCUT2D eigenvalue weighted by molar-refractivity contribution is -0.160. The Morgan fingerprint density at radius 1 is 0.933 bits per heavy atom. The molecule has 10 heteroatoms. The number of hydrogen-bond donors (Lipinski definition) is 2. The number of aromatic nitrogens is 1. The van der Waals surface area contributed by atoms with E-state index in [1.54, 1.807) is 65.8 Å². The van der Waals surface area contributed by atoms with Crippen LogP contribution in [0.1, 0.15) is 76.7 Å². The van der Waals surface area contributed by atoms with Crippen LogP contribution in [0.3, 0.4) is 0 Å². The first-order valence-corrected chi connectivity index (χ1v) is 15.3. The number of benzene rings is 2. The molecule has 2 heterocycles. The van der Waals surface area contributed by atoms with Crippen molar-refractivity contribution in [2.24, 2.45) is 0 Å². The molecule has 0 radical (unpaired) electrons. The van der Waals surface area contributed by atoms with E-state index in [0.29, 0.717) is 36.8 Å². The zero-order valence-corrected chi connectivity index (χ0v) is 26.9. The number of aromatic amines is 1. The molecular weight excluding hydrogens is 574 g/mol. The molecular formula is C35H43N3O7. The van der Waals surface area contributed by atoms with Gasteiger partial charge < -0.3 is 29.1 Å². The number of unbranched alkanes of at least 4 members (excludes halogenated alkanes) is 1. The number of carbonyl (C=O) groups is 3. The van der Waals surface area contributed by atoms with E-state index in [-0.39, 0.29) is 18.5 Å². The topological polar surface area (TPSA) is 131 Å². The molecule has 0 saturated carbocycles. The first-order chi connectivity index (χ1) is 21.2. The van der Waals surface area contributed by atoms with Gasteiger partial charge in [0, 0.05) is 35.6 Å². The first kappa shape index (κ1) is 33.3. The van der Waals surface area contributed by atoms with Gasteiger partial charge in [-0.2, -0.15) is 0 Å². The minimum Gasteiger partial charge on any atom is -0.458 e. The van der Waals surface area contributed by atoms with E-state index in [4.69, 9.17) is 13.9 Å². The van der Waals surface area contributed by atoms with E-state index in [1.165, 1.54) is 11.0 Å². The van der Waals surface area contributed by atoms with Gasteiger partial charge in [-0.1, -0.05) is 36.4 Å². The Labute approximate surface area is 263 Å². The van der Waals surface area contributed by atoms with Gasteiger partial charge in [-0.05, 0) is 91.0 Å². The van der Waals surface area contributed by atoms with Gasteiger partial charge in [-0.15, -0.1) is 0 Å². The molecule has 0 bridgehead atoms. The molecule has 0 fully saturated rings. The fourth-order valence-electron chi connectivity index (χ4n) is 5.08. The third-order valence-corrected chi connectivity index (χ3v) is 7.06. The van der Waals surface area contributed by atoms with Gasteiger partial charge in [0.2, 0.25) is 0 Å². The molecule has 4 aromatic rings. The molecule has 0 aliphatic heterocycles. The van der Waals surface area contributed by atoms with Gasteiger partial charge >= 0.3 is 17.7 Å². The number of H-pyrrole nitrogens is 1. The molecule has 4 rings (SSSR count). The number of rotatable bonds is 11. The zero-order chi connectivity index (χ0) is 32.8. The van der Waals surface area contributed by atoms with Crippen LogP contribution in [0, 0.1) is 0 Å². The van der Waals surface area contributed by atoms with Crippen molar-refractivity contribution in [1.82, 2.24) is 15.2 Å². The second-order valence-corrected chi connectivity index (χ2v) is 13.1. The predicted octanol–water partition coefficient (Wildman–Crippen LogP) is 6.36. The molecule has 10 nitrogen and oxygen atoms in total. The summed E-state index contributed by atoms with van der Waals surface area (Å²) in [5.41, 5.74) is -0.0625. The number of nitrogens with zero attached hydrogens (tertiary/aromatic N) is 1.